The lowest BCUT2D eigenvalue weighted by molar-refractivity contribution is -0.141. The fraction of sp³-hybridized carbons (Fsp3) is 0.700. The normalized spacial score (nSPS) is 17.5. The van der Waals surface area contributed by atoms with Crippen molar-refractivity contribution in [3.63, 3.8) is 0 Å². The third-order valence-electron chi connectivity index (χ3n) is 2.80. The third-order valence-corrected chi connectivity index (χ3v) is 2.80. The van der Waals surface area contributed by atoms with Gasteiger partial charge in [-0.25, -0.2) is 4.98 Å². The van der Waals surface area contributed by atoms with Gasteiger partial charge in [-0.3, -0.25) is 0 Å². The lowest BCUT2D eigenvalue weighted by Gasteiger charge is -2.25. The molecule has 2 N–H and O–H groups in total. The van der Waals surface area contributed by atoms with Crippen molar-refractivity contribution in [1.29, 1.82) is 0 Å². The Morgan fingerprint density at radius 2 is 2.06 bits per heavy atom. The highest BCUT2D eigenvalue weighted by atomic mass is 19.4. The molecule has 16 heavy (non-hydrogen) atoms. The fourth-order valence-electron chi connectivity index (χ4n) is 1.82. The van der Waals surface area contributed by atoms with E-state index in [0.717, 1.165) is 13.1 Å². The lowest BCUT2D eigenvalue weighted by Crippen LogP contribution is -2.43. The zero-order valence-electron chi connectivity index (χ0n) is 8.99. The van der Waals surface area contributed by atoms with E-state index >= 15 is 0 Å². The van der Waals surface area contributed by atoms with Gasteiger partial charge in [0.05, 0.1) is 0 Å². The van der Waals surface area contributed by atoms with E-state index in [1.54, 1.807) is 6.92 Å². The molecule has 3 nitrogen and oxygen atoms in total. The number of alkyl halides is 3. The molecule has 0 unspecified atom stereocenters. The minimum Gasteiger partial charge on any atom is -0.345 e. The quantitative estimate of drug-likeness (QED) is 0.835. The second-order valence-corrected chi connectivity index (χ2v) is 4.09. The van der Waals surface area contributed by atoms with E-state index in [2.05, 4.69) is 15.3 Å². The highest BCUT2D eigenvalue weighted by Gasteiger charge is 2.37. The largest absolute Gasteiger partial charge is 0.435 e. The second kappa shape index (κ2) is 4.08. The van der Waals surface area contributed by atoms with Crippen LogP contribution in [0.2, 0.25) is 0 Å². The van der Waals surface area contributed by atoms with E-state index in [9.17, 15) is 13.2 Å². The summed E-state index contributed by atoms with van der Waals surface area (Å²) in [6, 6.07) is 0. The first-order chi connectivity index (χ1) is 7.50. The van der Waals surface area contributed by atoms with Crippen molar-refractivity contribution >= 4 is 0 Å². The molecule has 1 aromatic heterocycles. The highest BCUT2D eigenvalue weighted by molar-refractivity contribution is 5.18. The minimum absolute atomic E-state index is 0.190. The predicted octanol–water partition coefficient (Wildman–Crippen LogP) is 1.75. The van der Waals surface area contributed by atoms with E-state index in [4.69, 9.17) is 0 Å². The van der Waals surface area contributed by atoms with Crippen LogP contribution in [-0.4, -0.2) is 23.1 Å². The first-order valence-corrected chi connectivity index (χ1v) is 5.36. The van der Waals surface area contributed by atoms with Crippen LogP contribution in [-0.2, 0) is 19.0 Å². The minimum atomic E-state index is -4.35. The van der Waals surface area contributed by atoms with Crippen molar-refractivity contribution in [1.82, 2.24) is 15.3 Å². The molecule has 0 amide bonds. The van der Waals surface area contributed by atoms with Gasteiger partial charge in [-0.2, -0.15) is 13.2 Å². The molecule has 1 saturated heterocycles. The van der Waals surface area contributed by atoms with Gasteiger partial charge >= 0.3 is 6.18 Å². The summed E-state index contributed by atoms with van der Waals surface area (Å²) in [5.74, 6) is 0.868. The van der Waals surface area contributed by atoms with Gasteiger partial charge in [0.25, 0.3) is 0 Å². The zero-order valence-corrected chi connectivity index (χ0v) is 8.99. The average molecular weight is 233 g/mol. The molecule has 0 aliphatic carbocycles. The molecule has 1 aromatic rings. The van der Waals surface area contributed by atoms with Crippen molar-refractivity contribution in [2.45, 2.75) is 25.9 Å². The Morgan fingerprint density at radius 3 is 2.44 bits per heavy atom. The van der Waals surface area contributed by atoms with Crippen LogP contribution < -0.4 is 5.32 Å². The summed E-state index contributed by atoms with van der Waals surface area (Å²) in [4.78, 5) is 6.44. The number of nitrogens with zero attached hydrogens (tertiary/aromatic N) is 1. The van der Waals surface area contributed by atoms with Gasteiger partial charge in [0, 0.05) is 12.1 Å². The third kappa shape index (κ3) is 2.21. The number of aryl methyl sites for hydroxylation is 1. The van der Waals surface area contributed by atoms with Crippen LogP contribution in [0.4, 0.5) is 13.2 Å². The SMILES string of the molecule is CCc1[nH]c(CC2CNC2)nc1C(F)(F)F. The lowest BCUT2D eigenvalue weighted by atomic mass is 9.99. The van der Waals surface area contributed by atoms with Crippen molar-refractivity contribution < 1.29 is 13.2 Å². The number of aromatic amines is 1. The van der Waals surface area contributed by atoms with Gasteiger partial charge in [0.2, 0.25) is 0 Å². The molecule has 90 valence electrons. The van der Waals surface area contributed by atoms with Crippen LogP contribution in [0.5, 0.6) is 0 Å². The molecule has 1 aliphatic heterocycles. The number of aromatic nitrogens is 2. The molecule has 0 radical (unpaired) electrons. The summed E-state index contributed by atoms with van der Waals surface area (Å²) in [5.41, 5.74) is -0.563. The Morgan fingerprint density at radius 1 is 1.38 bits per heavy atom. The van der Waals surface area contributed by atoms with Gasteiger partial charge in [-0.05, 0) is 25.4 Å². The molecular weight excluding hydrogens is 219 g/mol. The molecule has 0 bridgehead atoms. The number of hydrogen-bond acceptors (Lipinski definition) is 2. The Labute approximate surface area is 91.5 Å². The number of hydrogen-bond donors (Lipinski definition) is 2. The molecule has 1 aliphatic rings. The van der Waals surface area contributed by atoms with Crippen LogP contribution >= 0.6 is 0 Å². The monoisotopic (exact) mass is 233 g/mol. The molecule has 1 fully saturated rings. The summed E-state index contributed by atoms with van der Waals surface area (Å²) in [6.07, 6.45) is -3.43. The van der Waals surface area contributed by atoms with E-state index in [1.165, 1.54) is 0 Å². The Bertz CT molecular complexity index is 366. The Kier molecular flexibility index (Phi) is 2.92. The van der Waals surface area contributed by atoms with E-state index in [-0.39, 0.29) is 5.69 Å². The molecule has 2 heterocycles. The van der Waals surface area contributed by atoms with Crippen LogP contribution in [0.15, 0.2) is 0 Å². The van der Waals surface area contributed by atoms with Crippen LogP contribution in [0.1, 0.15) is 24.1 Å². The molecule has 0 saturated carbocycles. The Hall–Kier alpha value is -1.04. The maximum atomic E-state index is 12.6. The first-order valence-electron chi connectivity index (χ1n) is 5.36. The first kappa shape index (κ1) is 11.4. The fourth-order valence-corrected chi connectivity index (χ4v) is 1.82. The number of imidazole rings is 1. The van der Waals surface area contributed by atoms with E-state index < -0.39 is 11.9 Å². The number of H-pyrrole nitrogens is 1. The summed E-state index contributed by atoms with van der Waals surface area (Å²) in [7, 11) is 0. The van der Waals surface area contributed by atoms with Gasteiger partial charge in [0.15, 0.2) is 5.69 Å². The van der Waals surface area contributed by atoms with Crippen molar-refractivity contribution in [2.75, 3.05) is 13.1 Å². The van der Waals surface area contributed by atoms with Crippen LogP contribution in [0.3, 0.4) is 0 Å². The smallest absolute Gasteiger partial charge is 0.345 e. The van der Waals surface area contributed by atoms with E-state index in [0.29, 0.717) is 24.6 Å². The van der Waals surface area contributed by atoms with Crippen molar-refractivity contribution in [3.05, 3.63) is 17.2 Å². The number of nitrogens with one attached hydrogen (secondary N) is 2. The second-order valence-electron chi connectivity index (χ2n) is 4.09. The van der Waals surface area contributed by atoms with Gasteiger partial charge in [-0.1, -0.05) is 6.92 Å². The van der Waals surface area contributed by atoms with Gasteiger partial charge in [-0.15, -0.1) is 0 Å². The number of rotatable bonds is 3. The highest BCUT2D eigenvalue weighted by Crippen LogP contribution is 2.31. The molecule has 0 aromatic carbocycles. The predicted molar refractivity (Wildman–Crippen MR) is 53.0 cm³/mol. The van der Waals surface area contributed by atoms with Crippen molar-refractivity contribution in [2.24, 2.45) is 5.92 Å². The van der Waals surface area contributed by atoms with E-state index in [1.807, 2.05) is 0 Å². The maximum absolute atomic E-state index is 12.6. The summed E-state index contributed by atoms with van der Waals surface area (Å²) >= 11 is 0. The Balaban J connectivity index is 2.17. The molecule has 0 atom stereocenters. The molecule has 2 rings (SSSR count). The molecule has 0 spiro atoms. The molecular formula is C10H14F3N3. The number of halogens is 3. The zero-order chi connectivity index (χ0) is 11.8. The summed E-state index contributed by atoms with van der Waals surface area (Å²) in [5, 5.41) is 3.08. The molecule has 6 heteroatoms. The summed E-state index contributed by atoms with van der Waals surface area (Å²) in [6.45, 7) is 3.42. The average Bonchev–Trinajstić information content (AvgIpc) is 2.54. The van der Waals surface area contributed by atoms with Gasteiger partial charge in [0.1, 0.15) is 5.82 Å². The standard InChI is InChI=1S/C10H14F3N3/c1-2-7-9(10(11,12)13)16-8(15-7)3-6-4-14-5-6/h6,14H,2-5H2,1H3,(H,15,16). The van der Waals surface area contributed by atoms with Crippen LogP contribution in [0.25, 0.3) is 0 Å². The van der Waals surface area contributed by atoms with Crippen LogP contribution in [0, 0.1) is 5.92 Å². The van der Waals surface area contributed by atoms with Gasteiger partial charge < -0.3 is 10.3 Å². The summed E-state index contributed by atoms with van der Waals surface area (Å²) < 4.78 is 37.8. The maximum Gasteiger partial charge on any atom is 0.435 e. The van der Waals surface area contributed by atoms with Crippen molar-refractivity contribution in [3.8, 4) is 0 Å². The topological polar surface area (TPSA) is 40.7 Å².